The van der Waals surface area contributed by atoms with Crippen LogP contribution in [0.2, 0.25) is 0 Å². The molecule has 6 nitrogen and oxygen atoms in total. The molecule has 0 spiro atoms. The molecule has 3 aromatic rings. The van der Waals surface area contributed by atoms with Crippen LogP contribution in [0.5, 0.6) is 0 Å². The second-order valence-electron chi connectivity index (χ2n) is 6.09. The number of carbonyl (C=O) groups is 2. The Balaban J connectivity index is 1.40. The van der Waals surface area contributed by atoms with Gasteiger partial charge in [-0.25, -0.2) is 4.39 Å². The Labute approximate surface area is 168 Å². The summed E-state index contributed by atoms with van der Waals surface area (Å²) in [6.07, 6.45) is 0.356. The van der Waals surface area contributed by atoms with E-state index in [-0.39, 0.29) is 29.8 Å². The Morgan fingerprint density at radius 3 is 2.82 bits per heavy atom. The maximum Gasteiger partial charge on any atom is 0.237 e. The summed E-state index contributed by atoms with van der Waals surface area (Å²) in [5, 5.41) is 11.3. The smallest absolute Gasteiger partial charge is 0.237 e. The normalized spacial score (nSPS) is 13.3. The van der Waals surface area contributed by atoms with E-state index in [1.807, 2.05) is 24.3 Å². The molecule has 1 aromatic heterocycles. The van der Waals surface area contributed by atoms with Gasteiger partial charge in [0.05, 0.1) is 18.0 Å². The fourth-order valence-corrected chi connectivity index (χ4v) is 4.51. The SMILES string of the molecule is O=C1Cc2ccccc2N(C(=O)CSc2nnc(Nc3ccccc3F)s2)C1. The number of carbonyl (C=O) groups excluding carboxylic acids is 2. The fraction of sp³-hybridized carbons (Fsp3) is 0.158. The van der Waals surface area contributed by atoms with Crippen molar-refractivity contribution >= 4 is 51.3 Å². The first-order chi connectivity index (χ1) is 13.6. The summed E-state index contributed by atoms with van der Waals surface area (Å²) in [4.78, 5) is 26.1. The lowest BCUT2D eigenvalue weighted by atomic mass is 10.0. The van der Waals surface area contributed by atoms with Crippen LogP contribution in [-0.4, -0.2) is 34.2 Å². The Bertz CT molecular complexity index is 1040. The quantitative estimate of drug-likeness (QED) is 0.642. The maximum absolute atomic E-state index is 13.7. The van der Waals surface area contributed by atoms with Crippen LogP contribution in [0.15, 0.2) is 52.9 Å². The van der Waals surface area contributed by atoms with Crippen molar-refractivity contribution in [1.82, 2.24) is 10.2 Å². The summed E-state index contributed by atoms with van der Waals surface area (Å²) in [5.74, 6) is -0.389. The number of thioether (sulfide) groups is 1. The van der Waals surface area contributed by atoms with Gasteiger partial charge in [0.25, 0.3) is 0 Å². The van der Waals surface area contributed by atoms with Gasteiger partial charge in [-0.15, -0.1) is 10.2 Å². The Morgan fingerprint density at radius 1 is 1.18 bits per heavy atom. The van der Waals surface area contributed by atoms with Crippen LogP contribution in [0, 0.1) is 5.82 Å². The number of halogens is 1. The number of para-hydroxylation sites is 2. The van der Waals surface area contributed by atoms with Crippen molar-refractivity contribution in [2.45, 2.75) is 10.8 Å². The molecule has 0 atom stereocenters. The molecule has 28 heavy (non-hydrogen) atoms. The number of rotatable bonds is 5. The lowest BCUT2D eigenvalue weighted by Gasteiger charge is -2.28. The van der Waals surface area contributed by atoms with Crippen molar-refractivity contribution in [2.75, 3.05) is 22.5 Å². The second-order valence-corrected chi connectivity index (χ2v) is 8.29. The van der Waals surface area contributed by atoms with Crippen LogP contribution in [0.1, 0.15) is 5.56 Å². The molecule has 0 saturated carbocycles. The van der Waals surface area contributed by atoms with E-state index < -0.39 is 0 Å². The molecule has 1 amide bonds. The molecule has 0 aliphatic carbocycles. The molecular weight excluding hydrogens is 399 g/mol. The van der Waals surface area contributed by atoms with Crippen LogP contribution in [0.25, 0.3) is 0 Å². The minimum absolute atomic E-state index is 0.0179. The number of Topliss-reactive ketones (excluding diaryl/α,β-unsaturated/α-hetero) is 1. The highest BCUT2D eigenvalue weighted by Crippen LogP contribution is 2.30. The molecule has 0 fully saturated rings. The molecule has 142 valence electrons. The highest BCUT2D eigenvalue weighted by atomic mass is 32.2. The first-order valence-corrected chi connectivity index (χ1v) is 10.3. The minimum Gasteiger partial charge on any atom is -0.328 e. The van der Waals surface area contributed by atoms with Gasteiger partial charge in [0.15, 0.2) is 10.1 Å². The van der Waals surface area contributed by atoms with Crippen molar-refractivity contribution in [3.05, 3.63) is 59.9 Å². The monoisotopic (exact) mass is 414 g/mol. The van der Waals surface area contributed by atoms with E-state index >= 15 is 0 Å². The lowest BCUT2D eigenvalue weighted by Crippen LogP contribution is -2.41. The molecule has 0 bridgehead atoms. The number of benzene rings is 2. The van der Waals surface area contributed by atoms with E-state index in [1.165, 1.54) is 34.1 Å². The van der Waals surface area contributed by atoms with Gasteiger partial charge < -0.3 is 10.2 Å². The van der Waals surface area contributed by atoms with Gasteiger partial charge in [0.2, 0.25) is 11.0 Å². The fourth-order valence-electron chi connectivity index (χ4n) is 2.87. The zero-order valence-corrected chi connectivity index (χ0v) is 16.2. The number of nitrogens with one attached hydrogen (secondary N) is 1. The van der Waals surface area contributed by atoms with Crippen LogP contribution >= 0.6 is 23.1 Å². The van der Waals surface area contributed by atoms with Crippen molar-refractivity contribution < 1.29 is 14.0 Å². The van der Waals surface area contributed by atoms with Gasteiger partial charge in [-0.2, -0.15) is 0 Å². The summed E-state index contributed by atoms with van der Waals surface area (Å²) in [6, 6.07) is 13.7. The summed E-state index contributed by atoms with van der Waals surface area (Å²) in [7, 11) is 0. The Hall–Kier alpha value is -2.78. The van der Waals surface area contributed by atoms with E-state index in [9.17, 15) is 14.0 Å². The molecule has 1 N–H and O–H groups in total. The molecule has 0 saturated heterocycles. The lowest BCUT2D eigenvalue weighted by molar-refractivity contribution is -0.121. The van der Waals surface area contributed by atoms with Crippen LogP contribution in [-0.2, 0) is 16.0 Å². The van der Waals surface area contributed by atoms with Crippen LogP contribution in [0.3, 0.4) is 0 Å². The van der Waals surface area contributed by atoms with E-state index in [1.54, 1.807) is 18.2 Å². The Morgan fingerprint density at radius 2 is 1.96 bits per heavy atom. The van der Waals surface area contributed by atoms with Gasteiger partial charge in [0.1, 0.15) is 5.82 Å². The number of anilines is 3. The molecule has 1 aliphatic rings. The van der Waals surface area contributed by atoms with Gasteiger partial charge in [-0.1, -0.05) is 53.4 Å². The molecule has 4 rings (SSSR count). The van der Waals surface area contributed by atoms with Crippen LogP contribution in [0.4, 0.5) is 20.9 Å². The zero-order valence-electron chi connectivity index (χ0n) is 14.6. The van der Waals surface area contributed by atoms with Crippen molar-refractivity contribution in [2.24, 2.45) is 0 Å². The van der Waals surface area contributed by atoms with Crippen molar-refractivity contribution in [3.8, 4) is 0 Å². The van der Waals surface area contributed by atoms with E-state index in [4.69, 9.17) is 0 Å². The minimum atomic E-state index is -0.379. The number of hydrogen-bond acceptors (Lipinski definition) is 7. The number of nitrogens with zero attached hydrogens (tertiary/aromatic N) is 3. The van der Waals surface area contributed by atoms with Gasteiger partial charge in [0, 0.05) is 12.1 Å². The third-order valence-electron chi connectivity index (χ3n) is 4.15. The largest absolute Gasteiger partial charge is 0.328 e. The van der Waals surface area contributed by atoms with Gasteiger partial charge >= 0.3 is 0 Å². The van der Waals surface area contributed by atoms with E-state index in [2.05, 4.69) is 15.5 Å². The first-order valence-electron chi connectivity index (χ1n) is 8.48. The highest BCUT2D eigenvalue weighted by Gasteiger charge is 2.26. The summed E-state index contributed by atoms with van der Waals surface area (Å²) in [6.45, 7) is 0.0899. The summed E-state index contributed by atoms with van der Waals surface area (Å²) in [5.41, 5.74) is 1.96. The van der Waals surface area contributed by atoms with Crippen molar-refractivity contribution in [3.63, 3.8) is 0 Å². The summed E-state index contributed by atoms with van der Waals surface area (Å²) < 4.78 is 14.3. The van der Waals surface area contributed by atoms with E-state index in [0.29, 0.717) is 21.6 Å². The number of fused-ring (bicyclic) bond motifs is 1. The predicted molar refractivity (Wildman–Crippen MR) is 108 cm³/mol. The van der Waals surface area contributed by atoms with Gasteiger partial charge in [-0.05, 0) is 23.8 Å². The standard InChI is InChI=1S/C19H15FN4O2S2/c20-14-6-2-3-7-15(14)21-18-22-23-19(28-18)27-11-17(26)24-10-13(25)9-12-5-1-4-8-16(12)24/h1-8H,9-11H2,(H,21,22). The van der Waals surface area contributed by atoms with Crippen molar-refractivity contribution in [1.29, 1.82) is 0 Å². The van der Waals surface area contributed by atoms with E-state index in [0.717, 1.165) is 11.3 Å². The number of ketones is 1. The first kappa shape index (κ1) is 18.6. The molecule has 2 heterocycles. The zero-order chi connectivity index (χ0) is 19.5. The maximum atomic E-state index is 13.7. The molecular formula is C19H15FN4O2S2. The average Bonchev–Trinajstić information content (AvgIpc) is 3.14. The number of aromatic nitrogens is 2. The molecule has 0 unspecified atom stereocenters. The number of hydrogen-bond donors (Lipinski definition) is 1. The number of amides is 1. The third kappa shape index (κ3) is 4.05. The topological polar surface area (TPSA) is 75.2 Å². The third-order valence-corrected chi connectivity index (χ3v) is 6.10. The predicted octanol–water partition coefficient (Wildman–Crippen LogP) is 3.67. The van der Waals surface area contributed by atoms with Crippen LogP contribution < -0.4 is 10.2 Å². The molecule has 0 radical (unpaired) electrons. The second kappa shape index (κ2) is 8.07. The molecule has 9 heteroatoms. The Kier molecular flexibility index (Phi) is 5.36. The van der Waals surface area contributed by atoms with Gasteiger partial charge in [-0.3, -0.25) is 9.59 Å². The highest BCUT2D eigenvalue weighted by molar-refractivity contribution is 8.01. The average molecular weight is 414 g/mol. The molecule has 1 aliphatic heterocycles. The molecule has 2 aromatic carbocycles. The summed E-state index contributed by atoms with van der Waals surface area (Å²) >= 11 is 2.48.